The van der Waals surface area contributed by atoms with Crippen molar-refractivity contribution in [1.82, 2.24) is 4.72 Å². The van der Waals surface area contributed by atoms with Gasteiger partial charge in [-0.2, -0.15) is 0 Å². The Morgan fingerprint density at radius 1 is 1.48 bits per heavy atom. The summed E-state index contributed by atoms with van der Waals surface area (Å²) in [5, 5.41) is 12.2. The summed E-state index contributed by atoms with van der Waals surface area (Å²) in [5.74, 6) is -1.19. The average Bonchev–Trinajstić information content (AvgIpc) is 3.05. The molecule has 0 aliphatic carbocycles. The first-order chi connectivity index (χ1) is 11.8. The van der Waals surface area contributed by atoms with Crippen molar-refractivity contribution in [2.75, 3.05) is 32.2 Å². The van der Waals surface area contributed by atoms with Crippen LogP contribution in [0.2, 0.25) is 0 Å². The van der Waals surface area contributed by atoms with Crippen molar-refractivity contribution < 1.29 is 27.8 Å². The maximum atomic E-state index is 12.7. The van der Waals surface area contributed by atoms with Crippen LogP contribution in [-0.2, 0) is 19.5 Å². The van der Waals surface area contributed by atoms with E-state index in [4.69, 9.17) is 14.6 Å². The predicted molar refractivity (Wildman–Crippen MR) is 92.5 cm³/mol. The van der Waals surface area contributed by atoms with Gasteiger partial charge in [-0.15, -0.1) is 0 Å². The molecule has 1 fully saturated rings. The number of anilines is 1. The second kappa shape index (κ2) is 8.61. The Labute approximate surface area is 147 Å². The molecule has 1 aliphatic heterocycles. The summed E-state index contributed by atoms with van der Waals surface area (Å²) in [6, 6.07) is 3.54. The molecule has 0 unspecified atom stereocenters. The molecule has 0 saturated carbocycles. The quantitative estimate of drug-likeness (QED) is 0.598. The smallest absolute Gasteiger partial charge is 0.335 e. The molecule has 0 spiro atoms. The number of hydrogen-bond acceptors (Lipinski definition) is 6. The zero-order valence-electron chi connectivity index (χ0n) is 14.3. The normalized spacial score (nSPS) is 18.9. The molecule has 3 N–H and O–H groups in total. The Morgan fingerprint density at radius 3 is 2.84 bits per heavy atom. The minimum absolute atomic E-state index is 0.0232. The number of methoxy groups -OCH3 is 1. The molecular weight excluding hydrogens is 348 g/mol. The van der Waals surface area contributed by atoms with Gasteiger partial charge in [0, 0.05) is 26.3 Å². The lowest BCUT2D eigenvalue weighted by Gasteiger charge is -2.18. The number of carboxylic acid groups (broad SMARTS) is 1. The van der Waals surface area contributed by atoms with Crippen LogP contribution >= 0.6 is 0 Å². The molecule has 1 aromatic carbocycles. The van der Waals surface area contributed by atoms with Crippen molar-refractivity contribution >= 4 is 21.7 Å². The molecule has 2 atom stereocenters. The number of hydrogen-bond donors (Lipinski definition) is 3. The van der Waals surface area contributed by atoms with Gasteiger partial charge in [0.2, 0.25) is 10.0 Å². The monoisotopic (exact) mass is 372 g/mol. The summed E-state index contributed by atoms with van der Waals surface area (Å²) in [6.45, 7) is 3.03. The van der Waals surface area contributed by atoms with Gasteiger partial charge in [0.1, 0.15) is 4.90 Å². The van der Waals surface area contributed by atoms with E-state index >= 15 is 0 Å². The zero-order chi connectivity index (χ0) is 18.4. The van der Waals surface area contributed by atoms with Gasteiger partial charge in [0.15, 0.2) is 0 Å². The van der Waals surface area contributed by atoms with Gasteiger partial charge < -0.3 is 19.9 Å². The molecule has 2 rings (SSSR count). The molecule has 25 heavy (non-hydrogen) atoms. The van der Waals surface area contributed by atoms with E-state index in [0.717, 1.165) is 18.9 Å². The number of nitrogens with one attached hydrogen (secondary N) is 2. The first kappa shape index (κ1) is 19.6. The van der Waals surface area contributed by atoms with Crippen LogP contribution in [0.4, 0.5) is 5.69 Å². The number of carbonyl (C=O) groups is 1. The van der Waals surface area contributed by atoms with Gasteiger partial charge in [-0.1, -0.05) is 0 Å². The highest BCUT2D eigenvalue weighted by Crippen LogP contribution is 2.24. The zero-order valence-corrected chi connectivity index (χ0v) is 15.1. The van der Waals surface area contributed by atoms with E-state index in [1.165, 1.54) is 19.2 Å². The third-order valence-corrected chi connectivity index (χ3v) is 5.46. The van der Waals surface area contributed by atoms with E-state index in [9.17, 15) is 13.2 Å². The Bertz CT molecular complexity index is 701. The van der Waals surface area contributed by atoms with Crippen molar-refractivity contribution in [1.29, 1.82) is 0 Å². The summed E-state index contributed by atoms with van der Waals surface area (Å²) in [6.07, 6.45) is 1.91. The Hall–Kier alpha value is -1.68. The van der Waals surface area contributed by atoms with Crippen molar-refractivity contribution in [3.05, 3.63) is 23.8 Å². The van der Waals surface area contributed by atoms with Crippen molar-refractivity contribution in [2.45, 2.75) is 36.8 Å². The van der Waals surface area contributed by atoms with Crippen LogP contribution < -0.4 is 10.0 Å². The fourth-order valence-electron chi connectivity index (χ4n) is 2.67. The first-order valence-electron chi connectivity index (χ1n) is 8.07. The second-order valence-corrected chi connectivity index (χ2v) is 7.69. The molecule has 8 nitrogen and oxygen atoms in total. The third-order valence-electron chi connectivity index (χ3n) is 3.84. The highest BCUT2D eigenvalue weighted by atomic mass is 32.2. The van der Waals surface area contributed by atoms with E-state index < -0.39 is 22.0 Å². The second-order valence-electron chi connectivity index (χ2n) is 6.01. The minimum atomic E-state index is -3.91. The van der Waals surface area contributed by atoms with Gasteiger partial charge in [-0.05, 0) is 38.0 Å². The van der Waals surface area contributed by atoms with Gasteiger partial charge in [-0.3, -0.25) is 0 Å². The molecule has 9 heteroatoms. The Balaban J connectivity index is 2.27. The van der Waals surface area contributed by atoms with E-state index in [1.54, 1.807) is 6.92 Å². The van der Waals surface area contributed by atoms with Crippen LogP contribution in [0.1, 0.15) is 30.1 Å². The lowest BCUT2D eigenvalue weighted by molar-refractivity contribution is 0.0696. The van der Waals surface area contributed by atoms with Gasteiger partial charge in [0.05, 0.1) is 24.0 Å². The van der Waals surface area contributed by atoms with E-state index in [-0.39, 0.29) is 23.2 Å². The molecule has 1 heterocycles. The highest BCUT2D eigenvalue weighted by molar-refractivity contribution is 7.89. The van der Waals surface area contributed by atoms with Crippen LogP contribution in [-0.4, -0.2) is 58.5 Å². The van der Waals surface area contributed by atoms with Crippen LogP contribution in [0, 0.1) is 0 Å². The molecular formula is C16H24N2O6S. The molecule has 140 valence electrons. The number of benzene rings is 1. The van der Waals surface area contributed by atoms with Crippen LogP contribution in [0.5, 0.6) is 0 Å². The first-order valence-corrected chi connectivity index (χ1v) is 9.56. The summed E-state index contributed by atoms with van der Waals surface area (Å²) >= 11 is 0. The molecule has 1 saturated heterocycles. The number of carboxylic acids is 1. The summed E-state index contributed by atoms with van der Waals surface area (Å²) < 4.78 is 38.3. The third kappa shape index (κ3) is 5.40. The Kier molecular flexibility index (Phi) is 6.77. The van der Waals surface area contributed by atoms with Crippen molar-refractivity contribution in [2.24, 2.45) is 0 Å². The van der Waals surface area contributed by atoms with Gasteiger partial charge in [-0.25, -0.2) is 17.9 Å². The number of sulfonamides is 1. The molecule has 0 aromatic heterocycles. The highest BCUT2D eigenvalue weighted by Gasteiger charge is 2.24. The SMILES string of the molecule is COC[C@@H](C)NS(=O)(=O)c1cc(C(=O)O)ccc1NC[C@@H]1CCCO1. The molecule has 1 aromatic rings. The maximum absolute atomic E-state index is 12.7. The van der Waals surface area contributed by atoms with Crippen molar-refractivity contribution in [3.8, 4) is 0 Å². The van der Waals surface area contributed by atoms with E-state index in [1.807, 2.05) is 0 Å². The van der Waals surface area contributed by atoms with Crippen LogP contribution in [0.25, 0.3) is 0 Å². The van der Waals surface area contributed by atoms with Crippen molar-refractivity contribution in [3.63, 3.8) is 0 Å². The largest absolute Gasteiger partial charge is 0.478 e. The fourth-order valence-corrected chi connectivity index (χ4v) is 4.10. The molecule has 0 amide bonds. The topological polar surface area (TPSA) is 114 Å². The van der Waals surface area contributed by atoms with Gasteiger partial charge in [0.25, 0.3) is 0 Å². The lowest BCUT2D eigenvalue weighted by Crippen LogP contribution is -2.36. The summed E-state index contributed by atoms with van der Waals surface area (Å²) in [5.41, 5.74) is 0.250. The maximum Gasteiger partial charge on any atom is 0.335 e. The summed E-state index contributed by atoms with van der Waals surface area (Å²) in [7, 11) is -2.43. The molecule has 0 bridgehead atoms. The number of rotatable bonds is 9. The van der Waals surface area contributed by atoms with E-state index in [0.29, 0.717) is 18.8 Å². The standard InChI is InChI=1S/C16H24N2O6S/c1-11(10-23-2)18-25(21,22)15-8-12(16(19)20)5-6-14(15)17-9-13-4-3-7-24-13/h5-6,8,11,13,17-18H,3-4,7,9-10H2,1-2H3,(H,19,20)/t11-,13+/m1/s1. The fraction of sp³-hybridized carbons (Fsp3) is 0.562. The van der Waals surface area contributed by atoms with Crippen LogP contribution in [0.3, 0.4) is 0 Å². The number of ether oxygens (including phenoxy) is 2. The molecule has 1 aliphatic rings. The lowest BCUT2D eigenvalue weighted by atomic mass is 10.2. The summed E-state index contributed by atoms with van der Waals surface area (Å²) in [4.78, 5) is 11.1. The number of aromatic carboxylic acids is 1. The Morgan fingerprint density at radius 2 is 2.24 bits per heavy atom. The minimum Gasteiger partial charge on any atom is -0.478 e. The average molecular weight is 372 g/mol. The molecule has 0 radical (unpaired) electrons. The predicted octanol–water partition coefficient (Wildman–Crippen LogP) is 1.29. The van der Waals surface area contributed by atoms with Crippen LogP contribution in [0.15, 0.2) is 23.1 Å². The van der Waals surface area contributed by atoms with E-state index in [2.05, 4.69) is 10.0 Å². The van der Waals surface area contributed by atoms with Gasteiger partial charge >= 0.3 is 5.97 Å².